The van der Waals surface area contributed by atoms with Gasteiger partial charge < -0.3 is 20.9 Å². The Morgan fingerprint density at radius 1 is 1.04 bits per heavy atom. The minimum absolute atomic E-state index is 0.0176. The molecular formula is C20H22N2O5. The number of alkyl carbamates (subject to hydrolysis) is 1. The molecule has 1 unspecified atom stereocenters. The summed E-state index contributed by atoms with van der Waals surface area (Å²) >= 11 is 0. The number of carboxylic acids is 1. The number of hydrogen-bond donors (Lipinski definition) is 3. The second-order valence-electron chi connectivity index (χ2n) is 6.10. The molecular weight excluding hydrogens is 348 g/mol. The molecule has 0 spiro atoms. The van der Waals surface area contributed by atoms with Gasteiger partial charge in [-0.1, -0.05) is 60.7 Å². The fourth-order valence-corrected chi connectivity index (χ4v) is 2.64. The third kappa shape index (κ3) is 5.65. The predicted molar refractivity (Wildman–Crippen MR) is 99.0 cm³/mol. The Kier molecular flexibility index (Phi) is 7.08. The highest BCUT2D eigenvalue weighted by molar-refractivity contribution is 5.96. The van der Waals surface area contributed by atoms with E-state index in [0.717, 1.165) is 5.56 Å². The number of Topliss-reactive ketones (excluding diaryl/α,β-unsaturated/α-hetero) is 1. The second-order valence-corrected chi connectivity index (χ2v) is 6.10. The molecule has 0 aliphatic carbocycles. The van der Waals surface area contributed by atoms with E-state index in [1.165, 1.54) is 6.92 Å². The highest BCUT2D eigenvalue weighted by Crippen LogP contribution is 2.23. The first-order valence-corrected chi connectivity index (χ1v) is 8.44. The lowest BCUT2D eigenvalue weighted by Gasteiger charge is -2.25. The molecule has 4 N–H and O–H groups in total. The fraction of sp³-hybridized carbons (Fsp3) is 0.250. The average Bonchev–Trinajstić information content (AvgIpc) is 2.67. The Bertz CT molecular complexity index is 777. The number of hydrogen-bond acceptors (Lipinski definition) is 5. The Morgan fingerprint density at radius 2 is 1.59 bits per heavy atom. The third-order valence-electron chi connectivity index (χ3n) is 4.00. The minimum Gasteiger partial charge on any atom is -0.480 e. The van der Waals surface area contributed by atoms with Crippen LogP contribution in [0.15, 0.2) is 60.7 Å². The minimum atomic E-state index is -1.51. The van der Waals surface area contributed by atoms with E-state index >= 15 is 0 Å². The summed E-state index contributed by atoms with van der Waals surface area (Å²) in [5.74, 6) is -2.97. The average molecular weight is 370 g/mol. The van der Waals surface area contributed by atoms with Gasteiger partial charge in [-0.3, -0.25) is 4.79 Å². The first-order valence-electron chi connectivity index (χ1n) is 8.44. The molecule has 0 saturated heterocycles. The SMILES string of the molecule is C[C@H](N)C(=O)C(c1ccccc1)[C@H](NC(=O)OCc1ccccc1)C(=O)O. The van der Waals surface area contributed by atoms with Gasteiger partial charge in [0, 0.05) is 0 Å². The van der Waals surface area contributed by atoms with E-state index in [0.29, 0.717) is 5.56 Å². The van der Waals surface area contributed by atoms with Crippen molar-refractivity contribution in [3.63, 3.8) is 0 Å². The molecule has 0 radical (unpaired) electrons. The van der Waals surface area contributed by atoms with Crippen LogP contribution in [-0.4, -0.2) is 35.0 Å². The van der Waals surface area contributed by atoms with Gasteiger partial charge >= 0.3 is 12.1 Å². The third-order valence-corrected chi connectivity index (χ3v) is 4.00. The first kappa shape index (κ1) is 20.1. The van der Waals surface area contributed by atoms with Crippen molar-refractivity contribution in [1.29, 1.82) is 0 Å². The maximum Gasteiger partial charge on any atom is 0.408 e. The zero-order valence-electron chi connectivity index (χ0n) is 14.9. The molecule has 142 valence electrons. The summed E-state index contributed by atoms with van der Waals surface area (Å²) in [5, 5.41) is 11.9. The molecule has 1 amide bonds. The first-order chi connectivity index (χ1) is 12.9. The Balaban J connectivity index is 2.17. The Labute approximate surface area is 157 Å². The van der Waals surface area contributed by atoms with Crippen molar-refractivity contribution in [3.8, 4) is 0 Å². The largest absolute Gasteiger partial charge is 0.480 e. The van der Waals surface area contributed by atoms with Crippen molar-refractivity contribution < 1.29 is 24.2 Å². The number of ketones is 1. The number of ether oxygens (including phenoxy) is 1. The monoisotopic (exact) mass is 370 g/mol. The highest BCUT2D eigenvalue weighted by Gasteiger charge is 2.37. The van der Waals surface area contributed by atoms with Gasteiger partial charge in [0.05, 0.1) is 12.0 Å². The smallest absolute Gasteiger partial charge is 0.408 e. The van der Waals surface area contributed by atoms with Crippen LogP contribution in [0.3, 0.4) is 0 Å². The quantitative estimate of drug-likeness (QED) is 0.654. The van der Waals surface area contributed by atoms with Gasteiger partial charge in [-0.25, -0.2) is 9.59 Å². The molecule has 0 aliphatic rings. The molecule has 0 fully saturated rings. The summed E-state index contributed by atoms with van der Waals surface area (Å²) in [4.78, 5) is 36.5. The van der Waals surface area contributed by atoms with Crippen LogP contribution in [0.25, 0.3) is 0 Å². The van der Waals surface area contributed by atoms with Crippen molar-refractivity contribution >= 4 is 17.8 Å². The molecule has 0 saturated carbocycles. The van der Waals surface area contributed by atoms with Gasteiger partial charge in [-0.2, -0.15) is 0 Å². The number of amides is 1. The zero-order chi connectivity index (χ0) is 19.8. The summed E-state index contributed by atoms with van der Waals surface area (Å²) < 4.78 is 5.08. The summed E-state index contributed by atoms with van der Waals surface area (Å²) in [6.45, 7) is 1.46. The van der Waals surface area contributed by atoms with Crippen LogP contribution < -0.4 is 11.1 Å². The molecule has 0 aromatic heterocycles. The lowest BCUT2D eigenvalue weighted by Crippen LogP contribution is -2.50. The highest BCUT2D eigenvalue weighted by atomic mass is 16.5. The molecule has 0 bridgehead atoms. The van der Waals surface area contributed by atoms with E-state index in [2.05, 4.69) is 5.32 Å². The van der Waals surface area contributed by atoms with E-state index < -0.39 is 35.8 Å². The number of nitrogens with two attached hydrogens (primary N) is 1. The molecule has 2 aromatic carbocycles. The van der Waals surface area contributed by atoms with Gasteiger partial charge in [0.25, 0.3) is 0 Å². The van der Waals surface area contributed by atoms with Crippen LogP contribution in [0.2, 0.25) is 0 Å². The standard InChI is InChI=1S/C20H22N2O5/c1-13(21)18(23)16(15-10-6-3-7-11-15)17(19(24)25)22-20(26)27-12-14-8-4-2-5-9-14/h2-11,13,16-17H,12,21H2,1H3,(H,22,26)(H,24,25)/t13-,16?,17-/m0/s1. The Morgan fingerprint density at radius 3 is 2.11 bits per heavy atom. The zero-order valence-corrected chi connectivity index (χ0v) is 14.9. The summed E-state index contributed by atoms with van der Waals surface area (Å²) in [5.41, 5.74) is 6.90. The number of carboxylic acid groups (broad SMARTS) is 1. The number of aliphatic carboxylic acids is 1. The molecule has 7 heteroatoms. The van der Waals surface area contributed by atoms with Crippen LogP contribution in [0, 0.1) is 0 Å². The van der Waals surface area contributed by atoms with Crippen molar-refractivity contribution in [1.82, 2.24) is 5.32 Å². The van der Waals surface area contributed by atoms with Crippen molar-refractivity contribution in [2.75, 3.05) is 0 Å². The van der Waals surface area contributed by atoms with Gasteiger partial charge in [0.1, 0.15) is 12.6 Å². The van der Waals surface area contributed by atoms with Gasteiger partial charge in [-0.05, 0) is 18.1 Å². The number of carbonyl (C=O) groups excluding carboxylic acids is 2. The van der Waals surface area contributed by atoms with Gasteiger partial charge in [0.2, 0.25) is 0 Å². The molecule has 2 aromatic rings. The van der Waals surface area contributed by atoms with E-state index in [-0.39, 0.29) is 6.61 Å². The number of nitrogens with one attached hydrogen (secondary N) is 1. The van der Waals surface area contributed by atoms with Gasteiger partial charge in [-0.15, -0.1) is 0 Å². The maximum atomic E-state index is 12.6. The molecule has 3 atom stereocenters. The summed E-state index contributed by atoms with van der Waals surface area (Å²) in [7, 11) is 0. The van der Waals surface area contributed by atoms with Crippen LogP contribution >= 0.6 is 0 Å². The second kappa shape index (κ2) is 9.49. The van der Waals surface area contributed by atoms with Crippen molar-refractivity contribution in [3.05, 3.63) is 71.8 Å². The molecule has 0 aliphatic heterocycles. The summed E-state index contributed by atoms with van der Waals surface area (Å²) in [6.07, 6.45) is -0.926. The molecule has 7 nitrogen and oxygen atoms in total. The van der Waals surface area contributed by atoms with Crippen molar-refractivity contribution in [2.45, 2.75) is 31.5 Å². The van der Waals surface area contributed by atoms with Gasteiger partial charge in [0.15, 0.2) is 5.78 Å². The van der Waals surface area contributed by atoms with Crippen LogP contribution in [0.5, 0.6) is 0 Å². The lowest BCUT2D eigenvalue weighted by molar-refractivity contribution is -0.142. The predicted octanol–water partition coefficient (Wildman–Crippen LogP) is 2.07. The summed E-state index contributed by atoms with van der Waals surface area (Å²) in [6, 6.07) is 14.9. The van der Waals surface area contributed by atoms with Crippen LogP contribution in [-0.2, 0) is 20.9 Å². The van der Waals surface area contributed by atoms with E-state index in [9.17, 15) is 19.5 Å². The topological polar surface area (TPSA) is 119 Å². The molecule has 27 heavy (non-hydrogen) atoms. The number of rotatable bonds is 8. The Hall–Kier alpha value is -3.19. The fourth-order valence-electron chi connectivity index (χ4n) is 2.64. The van der Waals surface area contributed by atoms with E-state index in [1.807, 2.05) is 6.07 Å². The van der Waals surface area contributed by atoms with Crippen molar-refractivity contribution in [2.24, 2.45) is 5.73 Å². The molecule has 0 heterocycles. The number of carbonyl (C=O) groups is 3. The maximum absolute atomic E-state index is 12.6. The van der Waals surface area contributed by atoms with Crippen LogP contribution in [0.1, 0.15) is 24.0 Å². The van der Waals surface area contributed by atoms with E-state index in [4.69, 9.17) is 10.5 Å². The van der Waals surface area contributed by atoms with E-state index in [1.54, 1.807) is 54.6 Å². The number of benzene rings is 2. The lowest BCUT2D eigenvalue weighted by atomic mass is 9.85. The van der Waals surface area contributed by atoms with Crippen LogP contribution in [0.4, 0.5) is 4.79 Å². The molecule has 2 rings (SSSR count). The normalized spacial score (nSPS) is 13.9.